The van der Waals surface area contributed by atoms with Crippen LogP contribution in [0.1, 0.15) is 24.0 Å². The minimum absolute atomic E-state index is 0. The first kappa shape index (κ1) is 19.2. The van der Waals surface area contributed by atoms with Crippen LogP contribution in [0.2, 0.25) is 0 Å². The molecule has 1 aliphatic carbocycles. The molecule has 6 heteroatoms. The Labute approximate surface area is 149 Å². The summed E-state index contributed by atoms with van der Waals surface area (Å²) in [5.41, 5.74) is 1.78. The molecule has 1 aromatic carbocycles. The van der Waals surface area contributed by atoms with Crippen LogP contribution in [0.15, 0.2) is 23.2 Å². The molecule has 0 aliphatic heterocycles. The van der Waals surface area contributed by atoms with E-state index in [9.17, 15) is 4.39 Å². The van der Waals surface area contributed by atoms with Crippen molar-refractivity contribution in [3.8, 4) is 0 Å². The van der Waals surface area contributed by atoms with Gasteiger partial charge in [0.25, 0.3) is 0 Å². The predicted molar refractivity (Wildman–Crippen MR) is 100 cm³/mol. The van der Waals surface area contributed by atoms with Crippen LogP contribution in [-0.4, -0.2) is 38.5 Å². The second-order valence-corrected chi connectivity index (χ2v) is 5.91. The Morgan fingerprint density at radius 1 is 1.32 bits per heavy atom. The Morgan fingerprint density at radius 2 is 2.05 bits per heavy atom. The molecule has 1 fully saturated rings. The number of halogens is 2. The summed E-state index contributed by atoms with van der Waals surface area (Å²) >= 11 is 0. The van der Waals surface area contributed by atoms with Gasteiger partial charge in [-0.25, -0.2) is 4.39 Å². The summed E-state index contributed by atoms with van der Waals surface area (Å²) in [5.74, 6) is 1.46. The van der Waals surface area contributed by atoms with Crippen LogP contribution < -0.4 is 10.6 Å². The molecule has 0 spiro atoms. The highest BCUT2D eigenvalue weighted by molar-refractivity contribution is 14.0. The van der Waals surface area contributed by atoms with E-state index in [1.54, 1.807) is 7.05 Å². The van der Waals surface area contributed by atoms with Crippen molar-refractivity contribution in [2.24, 2.45) is 10.9 Å². The lowest BCUT2D eigenvalue weighted by Crippen LogP contribution is -2.37. The quantitative estimate of drug-likeness (QED) is 0.422. The van der Waals surface area contributed by atoms with Crippen LogP contribution in [0.4, 0.5) is 4.39 Å². The van der Waals surface area contributed by atoms with Crippen molar-refractivity contribution in [3.63, 3.8) is 0 Å². The van der Waals surface area contributed by atoms with E-state index in [1.807, 2.05) is 31.1 Å². The molecule has 0 atom stereocenters. The molecule has 124 valence electrons. The SMILES string of the molecule is CN=C(NCc1ccc(F)c(CN(C)C)c1)NCC1CC1.I. The van der Waals surface area contributed by atoms with Crippen LogP contribution in [-0.2, 0) is 13.1 Å². The van der Waals surface area contributed by atoms with Gasteiger partial charge in [0.05, 0.1) is 0 Å². The summed E-state index contributed by atoms with van der Waals surface area (Å²) < 4.78 is 13.7. The molecule has 0 radical (unpaired) electrons. The molecule has 1 aromatic rings. The summed E-state index contributed by atoms with van der Waals surface area (Å²) in [4.78, 5) is 6.17. The fourth-order valence-corrected chi connectivity index (χ4v) is 2.17. The van der Waals surface area contributed by atoms with E-state index in [1.165, 1.54) is 18.9 Å². The zero-order chi connectivity index (χ0) is 15.2. The van der Waals surface area contributed by atoms with E-state index in [4.69, 9.17) is 0 Å². The van der Waals surface area contributed by atoms with Gasteiger partial charge < -0.3 is 15.5 Å². The fraction of sp³-hybridized carbons (Fsp3) is 0.562. The smallest absolute Gasteiger partial charge is 0.191 e. The second-order valence-electron chi connectivity index (χ2n) is 5.91. The first-order chi connectivity index (χ1) is 10.1. The maximum absolute atomic E-state index is 13.7. The minimum Gasteiger partial charge on any atom is -0.356 e. The topological polar surface area (TPSA) is 39.7 Å². The fourth-order valence-electron chi connectivity index (χ4n) is 2.17. The Kier molecular flexibility index (Phi) is 8.09. The van der Waals surface area contributed by atoms with Gasteiger partial charge in [-0.15, -0.1) is 24.0 Å². The third-order valence-electron chi connectivity index (χ3n) is 3.54. The third-order valence-corrected chi connectivity index (χ3v) is 3.54. The number of nitrogens with zero attached hydrogens (tertiary/aromatic N) is 2. The van der Waals surface area contributed by atoms with Crippen molar-refractivity contribution in [1.82, 2.24) is 15.5 Å². The molecule has 2 rings (SSSR count). The molecular weight excluding hydrogens is 394 g/mol. The Bertz CT molecular complexity index is 501. The van der Waals surface area contributed by atoms with Crippen molar-refractivity contribution in [2.45, 2.75) is 25.9 Å². The lowest BCUT2D eigenvalue weighted by atomic mass is 10.1. The monoisotopic (exact) mass is 420 g/mol. The van der Waals surface area contributed by atoms with E-state index in [0.29, 0.717) is 13.1 Å². The van der Waals surface area contributed by atoms with Crippen molar-refractivity contribution in [2.75, 3.05) is 27.7 Å². The summed E-state index contributed by atoms with van der Waals surface area (Å²) in [6.07, 6.45) is 2.63. The first-order valence-electron chi connectivity index (χ1n) is 7.45. The molecule has 0 heterocycles. The Balaban J connectivity index is 0.00000242. The lowest BCUT2D eigenvalue weighted by molar-refractivity contribution is 0.392. The van der Waals surface area contributed by atoms with E-state index in [0.717, 1.165) is 29.5 Å². The molecule has 2 N–H and O–H groups in total. The highest BCUT2D eigenvalue weighted by Gasteiger charge is 2.21. The van der Waals surface area contributed by atoms with Crippen LogP contribution in [0.5, 0.6) is 0 Å². The molecular formula is C16H26FIN4. The average Bonchev–Trinajstić information content (AvgIpc) is 3.26. The van der Waals surface area contributed by atoms with E-state index in [2.05, 4.69) is 15.6 Å². The zero-order valence-electron chi connectivity index (χ0n) is 13.5. The van der Waals surface area contributed by atoms with Crippen molar-refractivity contribution in [3.05, 3.63) is 35.1 Å². The number of aliphatic imine (C=N–C) groups is 1. The molecule has 22 heavy (non-hydrogen) atoms. The summed E-state index contributed by atoms with van der Waals surface area (Å²) in [6.45, 7) is 2.23. The van der Waals surface area contributed by atoms with Crippen molar-refractivity contribution < 1.29 is 4.39 Å². The molecule has 0 aromatic heterocycles. The van der Waals surface area contributed by atoms with E-state index in [-0.39, 0.29) is 29.8 Å². The molecule has 1 aliphatic rings. The highest BCUT2D eigenvalue weighted by Crippen LogP contribution is 2.27. The van der Waals surface area contributed by atoms with Crippen molar-refractivity contribution in [1.29, 1.82) is 0 Å². The molecule has 0 amide bonds. The number of hydrogen-bond acceptors (Lipinski definition) is 2. The van der Waals surface area contributed by atoms with E-state index >= 15 is 0 Å². The van der Waals surface area contributed by atoms with Gasteiger partial charge in [-0.2, -0.15) is 0 Å². The summed E-state index contributed by atoms with van der Waals surface area (Å²) in [5, 5.41) is 6.59. The second kappa shape index (κ2) is 9.29. The third kappa shape index (κ3) is 6.48. The molecule has 0 saturated heterocycles. The van der Waals surface area contributed by atoms with Gasteiger partial charge in [-0.3, -0.25) is 4.99 Å². The van der Waals surface area contributed by atoms with Gasteiger partial charge in [0.15, 0.2) is 5.96 Å². The maximum Gasteiger partial charge on any atom is 0.191 e. The molecule has 0 bridgehead atoms. The first-order valence-corrected chi connectivity index (χ1v) is 7.45. The Hall–Kier alpha value is -0.890. The highest BCUT2D eigenvalue weighted by atomic mass is 127. The average molecular weight is 420 g/mol. The van der Waals surface area contributed by atoms with Gasteiger partial charge in [0.1, 0.15) is 5.82 Å². The molecule has 1 saturated carbocycles. The van der Waals surface area contributed by atoms with Crippen LogP contribution >= 0.6 is 24.0 Å². The van der Waals surface area contributed by atoms with Gasteiger partial charge in [0, 0.05) is 32.2 Å². The number of rotatable bonds is 6. The van der Waals surface area contributed by atoms with Gasteiger partial charge in [0.2, 0.25) is 0 Å². The largest absolute Gasteiger partial charge is 0.356 e. The van der Waals surface area contributed by atoms with E-state index < -0.39 is 0 Å². The van der Waals surface area contributed by atoms with Gasteiger partial charge in [-0.1, -0.05) is 6.07 Å². The van der Waals surface area contributed by atoms with Crippen LogP contribution in [0.25, 0.3) is 0 Å². The lowest BCUT2D eigenvalue weighted by Gasteiger charge is -2.14. The summed E-state index contributed by atoms with van der Waals surface area (Å²) in [6, 6.07) is 5.27. The number of hydrogen-bond donors (Lipinski definition) is 2. The predicted octanol–water partition coefficient (Wildman–Crippen LogP) is 2.58. The van der Waals surface area contributed by atoms with Crippen LogP contribution in [0, 0.1) is 11.7 Å². The summed E-state index contributed by atoms with van der Waals surface area (Å²) in [7, 11) is 5.65. The molecule has 4 nitrogen and oxygen atoms in total. The normalized spacial score (nSPS) is 14.7. The molecule has 0 unspecified atom stereocenters. The Morgan fingerprint density at radius 3 is 2.64 bits per heavy atom. The number of benzene rings is 1. The van der Waals surface area contributed by atoms with Gasteiger partial charge in [-0.05, 0) is 50.6 Å². The van der Waals surface area contributed by atoms with Crippen molar-refractivity contribution >= 4 is 29.9 Å². The van der Waals surface area contributed by atoms with Crippen LogP contribution in [0.3, 0.4) is 0 Å². The minimum atomic E-state index is -0.149. The number of guanidine groups is 1. The standard InChI is InChI=1S/C16H25FN4.HI/c1-18-16(19-9-12-4-5-12)20-10-13-6-7-15(17)14(8-13)11-21(2)3;/h6-8,12H,4-5,9-11H2,1-3H3,(H2,18,19,20);1H. The zero-order valence-corrected chi connectivity index (χ0v) is 15.9. The number of nitrogens with one attached hydrogen (secondary N) is 2. The van der Waals surface area contributed by atoms with Gasteiger partial charge >= 0.3 is 0 Å². The maximum atomic E-state index is 13.7.